The molecule has 1 nitrogen and oxygen atoms in total. The molecular formula is C15H23FO. The number of ether oxygens (including phenoxy) is 1. The summed E-state index contributed by atoms with van der Waals surface area (Å²) in [6.45, 7) is 9.00. The molecule has 0 unspecified atom stereocenters. The zero-order valence-corrected chi connectivity index (χ0v) is 11.3. The zero-order chi connectivity index (χ0) is 13.1. The Morgan fingerprint density at radius 1 is 1.24 bits per heavy atom. The summed E-state index contributed by atoms with van der Waals surface area (Å²) < 4.78 is 18.3. The third-order valence-electron chi connectivity index (χ3n) is 2.11. The lowest BCUT2D eigenvalue weighted by Gasteiger charge is -2.03. The minimum atomic E-state index is -0.162. The second-order valence-corrected chi connectivity index (χ2v) is 3.48. The first-order valence-electron chi connectivity index (χ1n) is 6.21. The van der Waals surface area contributed by atoms with Gasteiger partial charge in [0.25, 0.3) is 0 Å². The number of hydrogen-bond donors (Lipinski definition) is 0. The van der Waals surface area contributed by atoms with E-state index in [1.807, 2.05) is 26.0 Å². The Bertz CT molecular complexity index is 332. The molecule has 0 atom stereocenters. The number of aryl methyl sites for hydroxylation is 1. The molecule has 0 aromatic heterocycles. The highest BCUT2D eigenvalue weighted by atomic mass is 19.1. The monoisotopic (exact) mass is 238 g/mol. The molecule has 2 heteroatoms. The number of benzene rings is 1. The Kier molecular flexibility index (Phi) is 9.35. The minimum absolute atomic E-state index is 0.162. The second-order valence-electron chi connectivity index (χ2n) is 3.48. The summed E-state index contributed by atoms with van der Waals surface area (Å²) in [5.74, 6) is -0.162. The van der Waals surface area contributed by atoms with Gasteiger partial charge in [-0.25, -0.2) is 4.39 Å². The fourth-order valence-electron chi connectivity index (χ4n) is 1.28. The van der Waals surface area contributed by atoms with Crippen LogP contribution in [0, 0.1) is 12.7 Å². The first-order chi connectivity index (χ1) is 8.24. The van der Waals surface area contributed by atoms with Gasteiger partial charge in [0.1, 0.15) is 5.82 Å². The highest BCUT2D eigenvalue weighted by Crippen LogP contribution is 2.09. The van der Waals surface area contributed by atoms with Gasteiger partial charge in [0.2, 0.25) is 0 Å². The average molecular weight is 238 g/mol. The van der Waals surface area contributed by atoms with Crippen molar-refractivity contribution >= 4 is 0 Å². The van der Waals surface area contributed by atoms with Crippen LogP contribution in [0.1, 0.15) is 38.3 Å². The number of rotatable bonds is 5. The van der Waals surface area contributed by atoms with E-state index in [2.05, 4.69) is 13.0 Å². The first kappa shape index (κ1) is 15.9. The quantitative estimate of drug-likeness (QED) is 0.536. The fraction of sp³-hybridized carbons (Fsp3) is 0.467. The number of allylic oxidation sites excluding steroid dienone is 1. The summed E-state index contributed by atoms with van der Waals surface area (Å²) in [4.78, 5) is 0. The Labute approximate surface area is 104 Å². The molecule has 0 heterocycles. The molecular weight excluding hydrogens is 215 g/mol. The van der Waals surface area contributed by atoms with Gasteiger partial charge in [0, 0.05) is 0 Å². The van der Waals surface area contributed by atoms with Gasteiger partial charge >= 0.3 is 0 Å². The summed E-state index contributed by atoms with van der Waals surface area (Å²) in [6, 6.07) is 5.06. The van der Waals surface area contributed by atoms with Crippen molar-refractivity contribution in [2.45, 2.75) is 40.7 Å². The van der Waals surface area contributed by atoms with Gasteiger partial charge in [-0.15, -0.1) is 0 Å². The van der Waals surface area contributed by atoms with Crippen molar-refractivity contribution in [3.05, 3.63) is 47.3 Å². The lowest BCUT2D eigenvalue weighted by molar-refractivity contribution is 0.148. The third-order valence-corrected chi connectivity index (χ3v) is 2.11. The second kappa shape index (κ2) is 10.0. The molecule has 0 aliphatic heterocycles. The van der Waals surface area contributed by atoms with Gasteiger partial charge in [-0.1, -0.05) is 45.1 Å². The van der Waals surface area contributed by atoms with Crippen LogP contribution in [-0.2, 0) is 11.3 Å². The van der Waals surface area contributed by atoms with Gasteiger partial charge in [-0.2, -0.15) is 0 Å². The van der Waals surface area contributed by atoms with E-state index in [1.54, 1.807) is 13.0 Å². The lowest BCUT2D eigenvalue weighted by Crippen LogP contribution is -1.94. The van der Waals surface area contributed by atoms with Gasteiger partial charge in [0.05, 0.1) is 13.2 Å². The van der Waals surface area contributed by atoms with E-state index in [-0.39, 0.29) is 5.82 Å². The van der Waals surface area contributed by atoms with Crippen LogP contribution in [0.5, 0.6) is 0 Å². The van der Waals surface area contributed by atoms with E-state index in [0.717, 1.165) is 12.0 Å². The predicted octanol–water partition coefficient (Wildman–Crippen LogP) is 4.64. The van der Waals surface area contributed by atoms with Crippen LogP contribution < -0.4 is 0 Å². The zero-order valence-electron chi connectivity index (χ0n) is 11.3. The normalized spacial score (nSPS) is 10.2. The highest BCUT2D eigenvalue weighted by molar-refractivity contribution is 5.23. The maximum atomic E-state index is 12.9. The Hall–Kier alpha value is -1.15. The molecule has 1 rings (SSSR count). The largest absolute Gasteiger partial charge is 0.373 e. The van der Waals surface area contributed by atoms with E-state index in [9.17, 15) is 4.39 Å². The molecule has 0 aliphatic rings. The smallest absolute Gasteiger partial charge is 0.126 e. The molecule has 0 aliphatic carbocycles. The molecule has 0 bridgehead atoms. The Morgan fingerprint density at radius 3 is 2.53 bits per heavy atom. The molecule has 0 radical (unpaired) electrons. The van der Waals surface area contributed by atoms with Gasteiger partial charge in [-0.3, -0.25) is 0 Å². The Balaban J connectivity index is 0.00000121. The number of hydrogen-bond acceptors (Lipinski definition) is 1. The van der Waals surface area contributed by atoms with Crippen molar-refractivity contribution in [2.75, 3.05) is 6.61 Å². The molecule has 17 heavy (non-hydrogen) atoms. The van der Waals surface area contributed by atoms with Crippen molar-refractivity contribution in [1.82, 2.24) is 0 Å². The van der Waals surface area contributed by atoms with E-state index >= 15 is 0 Å². The topological polar surface area (TPSA) is 9.23 Å². The molecule has 0 spiro atoms. The van der Waals surface area contributed by atoms with Crippen LogP contribution in [0.15, 0.2) is 30.4 Å². The van der Waals surface area contributed by atoms with Crippen molar-refractivity contribution in [3.8, 4) is 0 Å². The molecule has 1 aromatic rings. The maximum Gasteiger partial charge on any atom is 0.126 e. The van der Waals surface area contributed by atoms with E-state index < -0.39 is 0 Å². The molecule has 1 aromatic carbocycles. The highest BCUT2D eigenvalue weighted by Gasteiger charge is 1.98. The lowest BCUT2D eigenvalue weighted by atomic mass is 10.1. The number of halogens is 1. The molecule has 0 fully saturated rings. The van der Waals surface area contributed by atoms with E-state index in [0.29, 0.717) is 18.8 Å². The van der Waals surface area contributed by atoms with Crippen molar-refractivity contribution in [1.29, 1.82) is 0 Å². The third kappa shape index (κ3) is 6.90. The average Bonchev–Trinajstić information content (AvgIpc) is 2.36. The SMILES string of the molecule is CC.CC/C=C/COCc1ccc(F)c(C)c1. The Morgan fingerprint density at radius 2 is 1.94 bits per heavy atom. The fourth-order valence-corrected chi connectivity index (χ4v) is 1.28. The summed E-state index contributed by atoms with van der Waals surface area (Å²) >= 11 is 0. The first-order valence-corrected chi connectivity index (χ1v) is 6.21. The van der Waals surface area contributed by atoms with Crippen LogP contribution in [0.2, 0.25) is 0 Å². The van der Waals surface area contributed by atoms with Gasteiger partial charge in [0.15, 0.2) is 0 Å². The summed E-state index contributed by atoms with van der Waals surface area (Å²) in [7, 11) is 0. The maximum absolute atomic E-state index is 12.9. The van der Waals surface area contributed by atoms with Crippen molar-refractivity contribution in [2.24, 2.45) is 0 Å². The molecule has 0 saturated carbocycles. The van der Waals surface area contributed by atoms with Crippen LogP contribution >= 0.6 is 0 Å². The minimum Gasteiger partial charge on any atom is -0.373 e. The van der Waals surface area contributed by atoms with Crippen molar-refractivity contribution < 1.29 is 9.13 Å². The van der Waals surface area contributed by atoms with Crippen LogP contribution in [0.3, 0.4) is 0 Å². The summed E-state index contributed by atoms with van der Waals surface area (Å²) in [5.41, 5.74) is 1.68. The summed E-state index contributed by atoms with van der Waals surface area (Å²) in [5, 5.41) is 0. The molecule has 0 amide bonds. The van der Waals surface area contributed by atoms with Crippen LogP contribution in [0.4, 0.5) is 4.39 Å². The van der Waals surface area contributed by atoms with Gasteiger partial charge < -0.3 is 4.74 Å². The summed E-state index contributed by atoms with van der Waals surface area (Å²) in [6.07, 6.45) is 5.09. The van der Waals surface area contributed by atoms with E-state index in [4.69, 9.17) is 4.74 Å². The molecule has 0 saturated heterocycles. The molecule has 0 N–H and O–H groups in total. The van der Waals surface area contributed by atoms with Gasteiger partial charge in [-0.05, 0) is 30.5 Å². The predicted molar refractivity (Wildman–Crippen MR) is 71.6 cm³/mol. The van der Waals surface area contributed by atoms with E-state index in [1.165, 1.54) is 6.07 Å². The van der Waals surface area contributed by atoms with Crippen molar-refractivity contribution in [3.63, 3.8) is 0 Å². The van der Waals surface area contributed by atoms with Crippen LogP contribution in [-0.4, -0.2) is 6.61 Å². The molecule has 96 valence electrons. The standard InChI is InChI=1S/C13H17FO.C2H6/c1-3-4-5-8-15-10-12-6-7-13(14)11(2)9-12;1-2/h4-7,9H,3,8,10H2,1-2H3;1-2H3/b5-4+;. The van der Waals surface area contributed by atoms with Crippen LogP contribution in [0.25, 0.3) is 0 Å².